The summed E-state index contributed by atoms with van der Waals surface area (Å²) in [5.74, 6) is -0.215. The molecule has 0 bridgehead atoms. The lowest BCUT2D eigenvalue weighted by molar-refractivity contribution is -0.122. The van der Waals surface area contributed by atoms with Crippen LogP contribution in [0.1, 0.15) is 6.92 Å². The van der Waals surface area contributed by atoms with Crippen molar-refractivity contribution in [3.8, 4) is 0 Å². The number of ether oxygens (including phenoxy) is 1. The van der Waals surface area contributed by atoms with Crippen LogP contribution in [0.4, 0.5) is 5.69 Å². The lowest BCUT2D eigenvalue weighted by Crippen LogP contribution is -2.47. The van der Waals surface area contributed by atoms with E-state index in [-0.39, 0.29) is 16.8 Å². The summed E-state index contributed by atoms with van der Waals surface area (Å²) in [4.78, 5) is 14.5. The first-order valence-electron chi connectivity index (χ1n) is 6.81. The number of sulfone groups is 1. The number of nitrogens with zero attached hydrogens (tertiary/aromatic N) is 1. The number of rotatable bonds is 4. The summed E-state index contributed by atoms with van der Waals surface area (Å²) in [6.07, 6.45) is 1.13. The highest BCUT2D eigenvalue weighted by Gasteiger charge is 2.24. The van der Waals surface area contributed by atoms with Gasteiger partial charge in [0.2, 0.25) is 5.91 Å². The molecule has 1 heterocycles. The van der Waals surface area contributed by atoms with E-state index in [1.54, 1.807) is 18.2 Å². The molecule has 1 N–H and O–H groups in total. The number of para-hydroxylation sites is 1. The number of morpholine rings is 1. The van der Waals surface area contributed by atoms with E-state index in [9.17, 15) is 13.2 Å². The second kappa shape index (κ2) is 6.55. The van der Waals surface area contributed by atoms with Crippen molar-refractivity contribution in [3.63, 3.8) is 0 Å². The van der Waals surface area contributed by atoms with E-state index < -0.39 is 9.84 Å². The second-order valence-electron chi connectivity index (χ2n) is 5.08. The van der Waals surface area contributed by atoms with Crippen LogP contribution in [0.25, 0.3) is 0 Å². The molecule has 0 spiro atoms. The van der Waals surface area contributed by atoms with Gasteiger partial charge in [0.25, 0.3) is 0 Å². The van der Waals surface area contributed by atoms with Crippen molar-refractivity contribution < 1.29 is 17.9 Å². The lowest BCUT2D eigenvalue weighted by Gasteiger charge is -2.31. The van der Waals surface area contributed by atoms with Crippen molar-refractivity contribution in [2.75, 3.05) is 37.9 Å². The Morgan fingerprint density at radius 3 is 2.52 bits per heavy atom. The van der Waals surface area contributed by atoms with Gasteiger partial charge in [-0.05, 0) is 19.1 Å². The quantitative estimate of drug-likeness (QED) is 0.888. The lowest BCUT2D eigenvalue weighted by atomic mass is 10.2. The van der Waals surface area contributed by atoms with Crippen LogP contribution in [0.2, 0.25) is 0 Å². The highest BCUT2D eigenvalue weighted by Crippen LogP contribution is 2.21. The average molecular weight is 312 g/mol. The molecule has 1 fully saturated rings. The molecule has 0 aliphatic carbocycles. The second-order valence-corrected chi connectivity index (χ2v) is 7.07. The van der Waals surface area contributed by atoms with E-state index in [2.05, 4.69) is 5.32 Å². The zero-order valence-electron chi connectivity index (χ0n) is 12.2. The number of carbonyl (C=O) groups excluding carboxylic acids is 1. The standard InChI is InChI=1S/C14H20N2O4S/c1-11(16-7-9-20-10-8-16)14(17)15-12-5-3-4-6-13(12)21(2,18)19/h3-6,11H,7-10H2,1-2H3,(H,15,17). The van der Waals surface area contributed by atoms with Gasteiger partial charge in [0.15, 0.2) is 9.84 Å². The number of nitrogens with one attached hydrogen (secondary N) is 1. The van der Waals surface area contributed by atoms with E-state index in [4.69, 9.17) is 4.74 Å². The summed E-state index contributed by atoms with van der Waals surface area (Å²) in [5, 5.41) is 2.71. The predicted octanol–water partition coefficient (Wildman–Crippen LogP) is 0.749. The van der Waals surface area contributed by atoms with E-state index >= 15 is 0 Å². The van der Waals surface area contributed by atoms with Crippen LogP contribution in [0, 0.1) is 0 Å². The molecule has 6 nitrogen and oxygen atoms in total. The van der Waals surface area contributed by atoms with E-state index in [1.165, 1.54) is 6.07 Å². The molecule has 1 unspecified atom stereocenters. The zero-order chi connectivity index (χ0) is 15.5. The number of benzene rings is 1. The van der Waals surface area contributed by atoms with Crippen LogP contribution in [-0.2, 0) is 19.4 Å². The van der Waals surface area contributed by atoms with Gasteiger partial charge < -0.3 is 10.1 Å². The maximum atomic E-state index is 12.3. The van der Waals surface area contributed by atoms with Gasteiger partial charge in [-0.2, -0.15) is 0 Å². The van der Waals surface area contributed by atoms with Gasteiger partial charge in [-0.25, -0.2) is 8.42 Å². The molecule has 1 aromatic rings. The Balaban J connectivity index is 2.12. The fourth-order valence-electron chi connectivity index (χ4n) is 2.26. The van der Waals surface area contributed by atoms with Gasteiger partial charge >= 0.3 is 0 Å². The Morgan fingerprint density at radius 2 is 1.90 bits per heavy atom. The predicted molar refractivity (Wildman–Crippen MR) is 80.0 cm³/mol. The van der Waals surface area contributed by atoms with Crippen LogP contribution in [-0.4, -0.2) is 57.8 Å². The van der Waals surface area contributed by atoms with Gasteiger partial charge in [-0.1, -0.05) is 12.1 Å². The first-order valence-corrected chi connectivity index (χ1v) is 8.70. The molecule has 2 rings (SSSR count). The largest absolute Gasteiger partial charge is 0.379 e. The molecule has 7 heteroatoms. The van der Waals surface area contributed by atoms with Gasteiger partial charge in [0.1, 0.15) is 0 Å². The number of hydrogen-bond acceptors (Lipinski definition) is 5. The van der Waals surface area contributed by atoms with Crippen molar-refractivity contribution in [3.05, 3.63) is 24.3 Å². The number of anilines is 1. The van der Waals surface area contributed by atoms with Crippen LogP contribution in [0.3, 0.4) is 0 Å². The minimum atomic E-state index is -3.38. The van der Waals surface area contributed by atoms with E-state index in [0.29, 0.717) is 32.0 Å². The summed E-state index contributed by atoms with van der Waals surface area (Å²) >= 11 is 0. The molecule has 1 amide bonds. The SMILES string of the molecule is CC(C(=O)Nc1ccccc1S(C)(=O)=O)N1CCOCC1. The Morgan fingerprint density at radius 1 is 1.29 bits per heavy atom. The molecule has 1 aliphatic rings. The molecule has 1 atom stereocenters. The fraction of sp³-hybridized carbons (Fsp3) is 0.500. The van der Waals surface area contributed by atoms with Crippen molar-refractivity contribution in [1.29, 1.82) is 0 Å². The Bertz CT molecular complexity index is 609. The van der Waals surface area contributed by atoms with Crippen molar-refractivity contribution in [2.24, 2.45) is 0 Å². The first-order chi connectivity index (χ1) is 9.89. The maximum absolute atomic E-state index is 12.3. The Kier molecular flexibility index (Phi) is 4.97. The minimum Gasteiger partial charge on any atom is -0.379 e. The van der Waals surface area contributed by atoms with Crippen molar-refractivity contribution in [2.45, 2.75) is 17.9 Å². The third-order valence-electron chi connectivity index (χ3n) is 3.52. The van der Waals surface area contributed by atoms with E-state index in [0.717, 1.165) is 6.26 Å². The van der Waals surface area contributed by atoms with Crippen LogP contribution in [0.5, 0.6) is 0 Å². The molecular formula is C14H20N2O4S. The maximum Gasteiger partial charge on any atom is 0.241 e. The number of amides is 1. The third-order valence-corrected chi connectivity index (χ3v) is 4.67. The van der Waals surface area contributed by atoms with Gasteiger partial charge in [-0.15, -0.1) is 0 Å². The van der Waals surface area contributed by atoms with E-state index in [1.807, 2.05) is 11.8 Å². The highest BCUT2D eigenvalue weighted by molar-refractivity contribution is 7.90. The number of carbonyl (C=O) groups is 1. The molecule has 0 aromatic heterocycles. The monoisotopic (exact) mass is 312 g/mol. The molecule has 1 aliphatic heterocycles. The molecule has 21 heavy (non-hydrogen) atoms. The summed E-state index contributed by atoms with van der Waals surface area (Å²) in [5.41, 5.74) is 0.324. The molecule has 0 saturated carbocycles. The minimum absolute atomic E-state index is 0.132. The Hall–Kier alpha value is -1.44. The van der Waals surface area contributed by atoms with Crippen molar-refractivity contribution in [1.82, 2.24) is 4.90 Å². The van der Waals surface area contributed by atoms with Gasteiger partial charge in [-0.3, -0.25) is 9.69 Å². The van der Waals surface area contributed by atoms with Gasteiger partial charge in [0.05, 0.1) is 29.8 Å². The van der Waals surface area contributed by atoms with Gasteiger partial charge in [0, 0.05) is 19.3 Å². The summed E-state index contributed by atoms with van der Waals surface area (Å²) in [6, 6.07) is 6.09. The van der Waals surface area contributed by atoms with Crippen LogP contribution < -0.4 is 5.32 Å². The molecule has 116 valence electrons. The topological polar surface area (TPSA) is 75.7 Å². The molecule has 1 aromatic carbocycles. The summed E-state index contributed by atoms with van der Waals surface area (Å²) in [7, 11) is -3.38. The first kappa shape index (κ1) is 15.9. The Labute approximate surface area is 125 Å². The summed E-state index contributed by atoms with van der Waals surface area (Å²) < 4.78 is 28.7. The zero-order valence-corrected chi connectivity index (χ0v) is 13.0. The average Bonchev–Trinajstić information content (AvgIpc) is 2.47. The fourth-order valence-corrected chi connectivity index (χ4v) is 3.11. The highest BCUT2D eigenvalue weighted by atomic mass is 32.2. The molecule has 1 saturated heterocycles. The van der Waals surface area contributed by atoms with Crippen molar-refractivity contribution >= 4 is 21.4 Å². The van der Waals surface area contributed by atoms with Crippen LogP contribution in [0.15, 0.2) is 29.2 Å². The normalized spacial score (nSPS) is 18.2. The summed E-state index contributed by atoms with van der Waals surface area (Å²) in [6.45, 7) is 4.42. The third kappa shape index (κ3) is 4.03. The molecule has 0 radical (unpaired) electrons. The smallest absolute Gasteiger partial charge is 0.241 e. The molecular weight excluding hydrogens is 292 g/mol. The number of hydrogen-bond donors (Lipinski definition) is 1. The van der Waals surface area contributed by atoms with Crippen LogP contribution >= 0.6 is 0 Å².